The molecule has 180 valence electrons. The Kier molecular flexibility index (Phi) is 7.26. The summed E-state index contributed by atoms with van der Waals surface area (Å²) < 4.78 is 11.4. The molecule has 1 fully saturated rings. The van der Waals surface area contributed by atoms with Crippen molar-refractivity contribution < 1.29 is 18.7 Å². The van der Waals surface area contributed by atoms with Gasteiger partial charge in [-0.3, -0.25) is 9.59 Å². The van der Waals surface area contributed by atoms with Gasteiger partial charge >= 0.3 is 0 Å². The van der Waals surface area contributed by atoms with Crippen LogP contribution in [0, 0.1) is 0 Å². The lowest BCUT2D eigenvalue weighted by Gasteiger charge is -2.29. The number of anilines is 1. The van der Waals surface area contributed by atoms with Crippen LogP contribution in [-0.4, -0.2) is 59.9 Å². The first-order valence-corrected chi connectivity index (χ1v) is 11.8. The molecule has 2 amide bonds. The molecular weight excluding hydrogens is 456 g/mol. The largest absolute Gasteiger partial charge is 0.493 e. The van der Waals surface area contributed by atoms with Crippen molar-refractivity contribution in [3.63, 3.8) is 0 Å². The van der Waals surface area contributed by atoms with Gasteiger partial charge in [-0.25, -0.2) is 0 Å². The summed E-state index contributed by atoms with van der Waals surface area (Å²) in [7, 11) is 3.34. The second kappa shape index (κ2) is 10.3. The summed E-state index contributed by atoms with van der Waals surface area (Å²) in [6.45, 7) is 3.62. The van der Waals surface area contributed by atoms with E-state index in [2.05, 4.69) is 10.3 Å². The van der Waals surface area contributed by atoms with E-state index in [0.717, 1.165) is 18.4 Å². The predicted molar refractivity (Wildman–Crippen MR) is 131 cm³/mol. The lowest BCUT2D eigenvalue weighted by atomic mass is 10.1. The molecule has 1 aliphatic rings. The number of carbonyl (C=O) groups is 2. The Labute approximate surface area is 203 Å². The van der Waals surface area contributed by atoms with Crippen LogP contribution in [-0.2, 0) is 11.3 Å². The van der Waals surface area contributed by atoms with Crippen LogP contribution >= 0.6 is 11.6 Å². The van der Waals surface area contributed by atoms with Crippen LogP contribution in [0.5, 0.6) is 5.75 Å². The maximum Gasteiger partial charge on any atom is 0.296 e. The highest BCUT2D eigenvalue weighted by atomic mass is 35.5. The van der Waals surface area contributed by atoms with Crippen molar-refractivity contribution in [3.8, 4) is 5.75 Å². The molecule has 1 aromatic heterocycles. The van der Waals surface area contributed by atoms with Crippen molar-refractivity contribution in [2.45, 2.75) is 38.8 Å². The van der Waals surface area contributed by atoms with E-state index in [-0.39, 0.29) is 17.9 Å². The molecule has 0 bridgehead atoms. The third-order valence-electron chi connectivity index (χ3n) is 6.10. The summed E-state index contributed by atoms with van der Waals surface area (Å²) in [5, 5.41) is 3.81. The van der Waals surface area contributed by atoms with Gasteiger partial charge in [0.2, 0.25) is 5.91 Å². The number of hydrogen-bond donors (Lipinski definition) is 1. The molecule has 3 aromatic rings. The quantitative estimate of drug-likeness (QED) is 0.478. The lowest BCUT2D eigenvalue weighted by Crippen LogP contribution is -2.43. The zero-order valence-electron chi connectivity index (χ0n) is 19.6. The standard InChI is InChI=1S/C25H29ClN4O4/c1-4-10-30(15-19-8-9-22(31)29(19)2)24(32)17-12-20-23(21(13-17)33-3)34-25(28-20)27-14-16-6-5-7-18(26)11-16/h5-7,11-13,19H,4,8-10,14-15H2,1-3H3,(H,27,28). The number of hydrogen-bond acceptors (Lipinski definition) is 6. The Morgan fingerprint density at radius 1 is 1.35 bits per heavy atom. The smallest absolute Gasteiger partial charge is 0.296 e. The zero-order valence-corrected chi connectivity index (χ0v) is 20.4. The number of benzene rings is 2. The van der Waals surface area contributed by atoms with E-state index in [1.807, 2.05) is 31.2 Å². The second-order valence-corrected chi connectivity index (χ2v) is 8.91. The number of methoxy groups -OCH3 is 1. The monoisotopic (exact) mass is 484 g/mol. The molecule has 9 heteroatoms. The molecule has 1 saturated heterocycles. The number of ether oxygens (including phenoxy) is 1. The minimum Gasteiger partial charge on any atom is -0.493 e. The molecule has 2 aromatic carbocycles. The average molecular weight is 485 g/mol. The van der Waals surface area contributed by atoms with Crippen LogP contribution in [0.25, 0.3) is 11.1 Å². The fourth-order valence-electron chi connectivity index (χ4n) is 4.24. The number of likely N-dealkylation sites (tertiary alicyclic amines) is 1. The number of amides is 2. The maximum atomic E-state index is 13.5. The van der Waals surface area contributed by atoms with E-state index < -0.39 is 0 Å². The third-order valence-corrected chi connectivity index (χ3v) is 6.34. The van der Waals surface area contributed by atoms with Gasteiger partial charge in [0.15, 0.2) is 11.3 Å². The van der Waals surface area contributed by atoms with Gasteiger partial charge < -0.3 is 24.3 Å². The van der Waals surface area contributed by atoms with Gasteiger partial charge in [-0.05, 0) is 42.7 Å². The van der Waals surface area contributed by atoms with Crippen LogP contribution in [0.2, 0.25) is 5.02 Å². The van der Waals surface area contributed by atoms with Crippen LogP contribution < -0.4 is 10.1 Å². The van der Waals surface area contributed by atoms with Crippen molar-refractivity contribution in [2.24, 2.45) is 0 Å². The summed E-state index contributed by atoms with van der Waals surface area (Å²) in [4.78, 5) is 33.5. The molecule has 8 nitrogen and oxygen atoms in total. The van der Waals surface area contributed by atoms with E-state index in [9.17, 15) is 9.59 Å². The Hall–Kier alpha value is -3.26. The highest BCUT2D eigenvalue weighted by Crippen LogP contribution is 2.31. The second-order valence-electron chi connectivity index (χ2n) is 8.48. The minimum atomic E-state index is -0.119. The van der Waals surface area contributed by atoms with Gasteiger partial charge in [-0.2, -0.15) is 4.98 Å². The fourth-order valence-corrected chi connectivity index (χ4v) is 4.45. The summed E-state index contributed by atoms with van der Waals surface area (Å²) >= 11 is 6.06. The summed E-state index contributed by atoms with van der Waals surface area (Å²) in [6.07, 6.45) is 2.10. The molecule has 1 unspecified atom stereocenters. The van der Waals surface area contributed by atoms with E-state index >= 15 is 0 Å². The number of likely N-dealkylation sites (N-methyl/N-ethyl adjacent to an activating group) is 1. The average Bonchev–Trinajstić information content (AvgIpc) is 3.39. The molecule has 0 saturated carbocycles. The molecule has 34 heavy (non-hydrogen) atoms. The highest BCUT2D eigenvalue weighted by Gasteiger charge is 2.31. The van der Waals surface area contributed by atoms with Gasteiger partial charge in [0.05, 0.1) is 7.11 Å². The van der Waals surface area contributed by atoms with E-state index in [1.165, 1.54) is 7.11 Å². The van der Waals surface area contributed by atoms with Gasteiger partial charge in [0.1, 0.15) is 5.52 Å². The molecule has 1 N–H and O–H groups in total. The summed E-state index contributed by atoms with van der Waals surface area (Å²) in [5.41, 5.74) is 2.46. The minimum absolute atomic E-state index is 0.0305. The van der Waals surface area contributed by atoms with Gasteiger partial charge in [0.25, 0.3) is 11.9 Å². The Balaban J connectivity index is 1.56. The van der Waals surface area contributed by atoms with Crippen LogP contribution in [0.15, 0.2) is 40.8 Å². The van der Waals surface area contributed by atoms with Crippen molar-refractivity contribution in [1.82, 2.24) is 14.8 Å². The van der Waals surface area contributed by atoms with E-state index in [4.69, 9.17) is 20.8 Å². The number of fused-ring (bicyclic) bond motifs is 1. The number of nitrogens with one attached hydrogen (secondary N) is 1. The SMILES string of the molecule is CCCN(CC1CCC(=O)N1C)C(=O)c1cc(OC)c2oc(NCc3cccc(Cl)c3)nc2c1. The maximum absolute atomic E-state index is 13.5. The van der Waals surface area contributed by atoms with E-state index in [1.54, 1.807) is 29.0 Å². The number of aromatic nitrogens is 1. The van der Waals surface area contributed by atoms with E-state index in [0.29, 0.717) is 59.5 Å². The normalized spacial score (nSPS) is 15.7. The van der Waals surface area contributed by atoms with Gasteiger partial charge in [-0.15, -0.1) is 0 Å². The first-order chi connectivity index (χ1) is 16.4. The van der Waals surface area contributed by atoms with Gasteiger partial charge in [0, 0.05) is 49.7 Å². The van der Waals surface area contributed by atoms with Crippen LogP contribution in [0.3, 0.4) is 0 Å². The van der Waals surface area contributed by atoms with Gasteiger partial charge in [-0.1, -0.05) is 30.7 Å². The Morgan fingerprint density at radius 3 is 2.85 bits per heavy atom. The molecular formula is C25H29ClN4O4. The highest BCUT2D eigenvalue weighted by molar-refractivity contribution is 6.30. The number of nitrogens with zero attached hydrogens (tertiary/aromatic N) is 3. The molecule has 2 heterocycles. The number of rotatable bonds is 9. The molecule has 0 radical (unpaired) electrons. The summed E-state index contributed by atoms with van der Waals surface area (Å²) in [6, 6.07) is 11.3. The fraction of sp³-hybridized carbons (Fsp3) is 0.400. The third kappa shape index (κ3) is 5.12. The molecule has 0 aliphatic carbocycles. The first kappa shape index (κ1) is 23.9. The van der Waals surface area contributed by atoms with Crippen molar-refractivity contribution in [1.29, 1.82) is 0 Å². The molecule has 1 aliphatic heterocycles. The predicted octanol–water partition coefficient (Wildman–Crippen LogP) is 4.57. The molecule has 1 atom stereocenters. The van der Waals surface area contributed by atoms with Crippen LogP contribution in [0.1, 0.15) is 42.1 Å². The van der Waals surface area contributed by atoms with Crippen molar-refractivity contribution >= 4 is 40.5 Å². The topological polar surface area (TPSA) is 87.9 Å². The number of halogens is 1. The first-order valence-electron chi connectivity index (χ1n) is 11.4. The van der Waals surface area contributed by atoms with Crippen molar-refractivity contribution in [2.75, 3.05) is 32.6 Å². The lowest BCUT2D eigenvalue weighted by molar-refractivity contribution is -0.127. The Bertz CT molecular complexity index is 1190. The summed E-state index contributed by atoms with van der Waals surface area (Å²) in [5.74, 6) is 0.442. The number of carbonyl (C=O) groups excluding carboxylic acids is 2. The Morgan fingerprint density at radius 2 is 2.18 bits per heavy atom. The molecule has 4 rings (SSSR count). The number of oxazole rings is 1. The van der Waals surface area contributed by atoms with Crippen molar-refractivity contribution in [3.05, 3.63) is 52.5 Å². The van der Waals surface area contributed by atoms with Crippen LogP contribution in [0.4, 0.5) is 6.01 Å². The molecule has 0 spiro atoms. The zero-order chi connectivity index (χ0) is 24.2.